The molecule has 0 amide bonds. The molecule has 2 aromatic heterocycles. The molecule has 0 unspecified atom stereocenters. The van der Waals surface area contributed by atoms with E-state index in [4.69, 9.17) is 0 Å². The summed E-state index contributed by atoms with van der Waals surface area (Å²) in [5.74, 6) is -3.29. The number of halogens is 2. The Kier molecular flexibility index (Phi) is 4.15. The van der Waals surface area contributed by atoms with E-state index < -0.39 is 28.6 Å². The number of rotatable bonds is 3. The molecule has 4 rings (SSSR count). The van der Waals surface area contributed by atoms with E-state index in [1.807, 2.05) is 0 Å². The van der Waals surface area contributed by atoms with E-state index in [1.54, 1.807) is 43.5 Å². The lowest BCUT2D eigenvalue weighted by molar-refractivity contribution is 0.0695. The summed E-state index contributed by atoms with van der Waals surface area (Å²) in [5, 5.41) is 9.62. The van der Waals surface area contributed by atoms with Gasteiger partial charge in [-0.05, 0) is 36.8 Å². The maximum absolute atomic E-state index is 15.4. The van der Waals surface area contributed by atoms with Crippen LogP contribution in [0.3, 0.4) is 0 Å². The van der Waals surface area contributed by atoms with Crippen LogP contribution in [-0.4, -0.2) is 20.6 Å². The standard InChI is InChI=1S/C21H14F2N2O3/c1-2-25-10-14(21(27)28)20(26)13-9-15(22)17(18(23)19(13)25)12-5-6-16-11(8-12)4-3-7-24-16/h3-10H,2H2,1H3,(H,27,28). The zero-order valence-electron chi connectivity index (χ0n) is 14.7. The van der Waals surface area contributed by atoms with Gasteiger partial charge in [0.05, 0.1) is 22.0 Å². The van der Waals surface area contributed by atoms with Crippen molar-refractivity contribution in [3.63, 3.8) is 0 Å². The Labute approximate surface area is 157 Å². The second kappa shape index (κ2) is 6.53. The van der Waals surface area contributed by atoms with E-state index in [1.165, 1.54) is 4.57 Å². The largest absolute Gasteiger partial charge is 0.477 e. The third-order valence-electron chi connectivity index (χ3n) is 4.72. The van der Waals surface area contributed by atoms with Gasteiger partial charge in [0, 0.05) is 24.3 Å². The number of hydrogen-bond donors (Lipinski definition) is 1. The minimum Gasteiger partial charge on any atom is -0.477 e. The highest BCUT2D eigenvalue weighted by Gasteiger charge is 2.22. The van der Waals surface area contributed by atoms with E-state index in [0.29, 0.717) is 16.5 Å². The molecule has 0 atom stereocenters. The first-order valence-electron chi connectivity index (χ1n) is 8.56. The van der Waals surface area contributed by atoms with Gasteiger partial charge < -0.3 is 9.67 Å². The Morgan fingerprint density at radius 2 is 2.00 bits per heavy atom. The van der Waals surface area contributed by atoms with Gasteiger partial charge in [0.2, 0.25) is 5.43 Å². The molecule has 2 heterocycles. The number of carboxylic acids is 1. The molecule has 5 nitrogen and oxygen atoms in total. The van der Waals surface area contributed by atoms with Crippen LogP contribution in [0.1, 0.15) is 17.3 Å². The summed E-state index contributed by atoms with van der Waals surface area (Å²) in [6.45, 7) is 1.89. The van der Waals surface area contributed by atoms with Crippen molar-refractivity contribution in [2.75, 3.05) is 0 Å². The van der Waals surface area contributed by atoms with Crippen LogP contribution in [0, 0.1) is 11.6 Å². The number of nitrogens with zero attached hydrogens (tertiary/aromatic N) is 2. The van der Waals surface area contributed by atoms with Crippen LogP contribution in [0.15, 0.2) is 53.6 Å². The van der Waals surface area contributed by atoms with Crippen molar-refractivity contribution in [1.29, 1.82) is 0 Å². The Morgan fingerprint density at radius 3 is 2.71 bits per heavy atom. The Bertz CT molecular complexity index is 1330. The SMILES string of the molecule is CCn1cc(C(=O)O)c(=O)c2cc(F)c(-c3ccc4ncccc4c3)c(F)c21. The van der Waals surface area contributed by atoms with Gasteiger partial charge in [0.1, 0.15) is 11.4 Å². The summed E-state index contributed by atoms with van der Waals surface area (Å²) in [6, 6.07) is 9.25. The molecule has 7 heteroatoms. The van der Waals surface area contributed by atoms with E-state index >= 15 is 4.39 Å². The average molecular weight is 380 g/mol. The fourth-order valence-electron chi connectivity index (χ4n) is 3.38. The molecule has 140 valence electrons. The molecule has 0 aliphatic rings. The molecule has 1 N–H and O–H groups in total. The van der Waals surface area contributed by atoms with Crippen LogP contribution in [-0.2, 0) is 6.54 Å². The van der Waals surface area contributed by atoms with E-state index in [-0.39, 0.29) is 23.0 Å². The van der Waals surface area contributed by atoms with E-state index in [9.17, 15) is 19.1 Å². The predicted molar refractivity (Wildman–Crippen MR) is 101 cm³/mol. The number of pyridine rings is 2. The molecular formula is C21H14F2N2O3. The van der Waals surface area contributed by atoms with Crippen molar-refractivity contribution in [1.82, 2.24) is 9.55 Å². The first-order valence-corrected chi connectivity index (χ1v) is 8.56. The van der Waals surface area contributed by atoms with Gasteiger partial charge in [-0.1, -0.05) is 12.1 Å². The first-order chi connectivity index (χ1) is 13.4. The van der Waals surface area contributed by atoms with Gasteiger partial charge in [-0.25, -0.2) is 13.6 Å². The van der Waals surface area contributed by atoms with Crippen molar-refractivity contribution in [3.05, 3.63) is 76.2 Å². The number of aromatic nitrogens is 2. The maximum atomic E-state index is 15.4. The van der Waals surface area contributed by atoms with Gasteiger partial charge in [0.25, 0.3) is 0 Å². The fraction of sp³-hybridized carbons (Fsp3) is 0.0952. The Hall–Kier alpha value is -3.61. The summed E-state index contributed by atoms with van der Waals surface area (Å²) in [5.41, 5.74) is -0.862. The number of fused-ring (bicyclic) bond motifs is 2. The molecule has 0 radical (unpaired) electrons. The lowest BCUT2D eigenvalue weighted by atomic mass is 9.99. The highest BCUT2D eigenvalue weighted by atomic mass is 19.1. The molecule has 2 aromatic carbocycles. The number of aryl methyl sites for hydroxylation is 1. The quantitative estimate of drug-likeness (QED) is 0.578. The Morgan fingerprint density at radius 1 is 1.21 bits per heavy atom. The maximum Gasteiger partial charge on any atom is 0.341 e. The normalized spacial score (nSPS) is 11.2. The van der Waals surface area contributed by atoms with E-state index in [0.717, 1.165) is 12.3 Å². The van der Waals surface area contributed by atoms with Crippen molar-refractivity contribution in [2.45, 2.75) is 13.5 Å². The van der Waals surface area contributed by atoms with Gasteiger partial charge in [-0.3, -0.25) is 9.78 Å². The third kappa shape index (κ3) is 2.63. The molecule has 0 saturated carbocycles. The summed E-state index contributed by atoms with van der Waals surface area (Å²) >= 11 is 0. The van der Waals surface area contributed by atoms with Crippen LogP contribution < -0.4 is 5.43 Å². The van der Waals surface area contributed by atoms with Crippen LogP contribution in [0.5, 0.6) is 0 Å². The van der Waals surface area contributed by atoms with Gasteiger partial charge in [-0.2, -0.15) is 0 Å². The molecule has 0 aliphatic carbocycles. The summed E-state index contributed by atoms with van der Waals surface area (Å²) < 4.78 is 31.6. The van der Waals surface area contributed by atoms with Crippen LogP contribution in [0.4, 0.5) is 8.78 Å². The zero-order chi connectivity index (χ0) is 20.0. The molecule has 4 aromatic rings. The van der Waals surface area contributed by atoms with Gasteiger partial charge >= 0.3 is 5.97 Å². The summed E-state index contributed by atoms with van der Waals surface area (Å²) in [4.78, 5) is 27.9. The van der Waals surface area contributed by atoms with Crippen molar-refractivity contribution < 1.29 is 18.7 Å². The molecule has 0 aliphatic heterocycles. The topological polar surface area (TPSA) is 72.2 Å². The molecule has 0 fully saturated rings. The van der Waals surface area contributed by atoms with Crippen LogP contribution in [0.2, 0.25) is 0 Å². The smallest absolute Gasteiger partial charge is 0.341 e. The van der Waals surface area contributed by atoms with Crippen molar-refractivity contribution >= 4 is 27.8 Å². The molecule has 28 heavy (non-hydrogen) atoms. The van der Waals surface area contributed by atoms with Gasteiger partial charge in [-0.15, -0.1) is 0 Å². The fourth-order valence-corrected chi connectivity index (χ4v) is 3.38. The summed E-state index contributed by atoms with van der Waals surface area (Å²) in [7, 11) is 0. The Balaban J connectivity index is 2.09. The zero-order valence-corrected chi connectivity index (χ0v) is 14.7. The summed E-state index contributed by atoms with van der Waals surface area (Å²) in [6.07, 6.45) is 2.71. The highest BCUT2D eigenvalue weighted by molar-refractivity contribution is 5.95. The van der Waals surface area contributed by atoms with Gasteiger partial charge in [0.15, 0.2) is 5.82 Å². The molecule has 0 spiro atoms. The molecule has 0 bridgehead atoms. The highest BCUT2D eigenvalue weighted by Crippen LogP contribution is 2.32. The number of carbonyl (C=O) groups is 1. The van der Waals surface area contributed by atoms with Crippen molar-refractivity contribution in [2.24, 2.45) is 0 Å². The van der Waals surface area contributed by atoms with E-state index in [2.05, 4.69) is 4.98 Å². The number of hydrogen-bond acceptors (Lipinski definition) is 3. The second-order valence-corrected chi connectivity index (χ2v) is 6.32. The minimum absolute atomic E-state index is 0.125. The monoisotopic (exact) mass is 380 g/mol. The first kappa shape index (κ1) is 17.8. The van der Waals surface area contributed by atoms with Crippen molar-refractivity contribution in [3.8, 4) is 11.1 Å². The number of benzene rings is 2. The third-order valence-corrected chi connectivity index (χ3v) is 4.72. The number of carboxylic acid groups (broad SMARTS) is 1. The number of aromatic carboxylic acids is 1. The molecule has 0 saturated heterocycles. The minimum atomic E-state index is -1.44. The second-order valence-electron chi connectivity index (χ2n) is 6.32. The predicted octanol–water partition coefficient (Wildman–Crippen LogP) is 4.21. The lowest BCUT2D eigenvalue weighted by Crippen LogP contribution is -2.20. The lowest BCUT2D eigenvalue weighted by Gasteiger charge is -2.14. The van der Waals surface area contributed by atoms with Crippen LogP contribution >= 0.6 is 0 Å². The average Bonchev–Trinajstić information content (AvgIpc) is 2.68. The molecular weight excluding hydrogens is 366 g/mol. The van der Waals surface area contributed by atoms with Crippen LogP contribution in [0.25, 0.3) is 32.9 Å².